The van der Waals surface area contributed by atoms with Crippen LogP contribution in [0.15, 0.2) is 24.7 Å². The number of hydrogen-bond donors (Lipinski definition) is 0. The Morgan fingerprint density at radius 3 is 2.72 bits per heavy atom. The Morgan fingerprint density at radius 1 is 1.11 bits per heavy atom. The van der Waals surface area contributed by atoms with Gasteiger partial charge in [-0.05, 0) is 13.0 Å². The van der Waals surface area contributed by atoms with E-state index in [9.17, 15) is 0 Å². The maximum absolute atomic E-state index is 5.89. The molecule has 3 rings (SSSR count). The minimum Gasteiger partial charge on any atom is -0.263 e. The third kappa shape index (κ3) is 1.81. The lowest BCUT2D eigenvalue weighted by Crippen LogP contribution is -2.01. The molecule has 90 valence electrons. The summed E-state index contributed by atoms with van der Waals surface area (Å²) in [6.45, 7) is 1.86. The highest BCUT2D eigenvalue weighted by Crippen LogP contribution is 2.21. The summed E-state index contributed by atoms with van der Waals surface area (Å²) < 4.78 is 1.78. The quantitative estimate of drug-likeness (QED) is 0.687. The van der Waals surface area contributed by atoms with Gasteiger partial charge in [0.05, 0.1) is 17.4 Å². The van der Waals surface area contributed by atoms with Crippen LogP contribution in [0.1, 0.15) is 5.82 Å². The average molecular weight is 280 g/mol. The number of pyridine rings is 1. The highest BCUT2D eigenvalue weighted by atomic mass is 35.5. The second-order valence-electron chi connectivity index (χ2n) is 3.69. The van der Waals surface area contributed by atoms with E-state index in [1.807, 2.05) is 6.92 Å². The van der Waals surface area contributed by atoms with Crippen molar-refractivity contribution in [2.75, 3.05) is 0 Å². The normalized spacial score (nSPS) is 11.1. The van der Waals surface area contributed by atoms with E-state index < -0.39 is 0 Å². The van der Waals surface area contributed by atoms with Crippen LogP contribution in [-0.2, 0) is 0 Å². The Morgan fingerprint density at radius 2 is 1.94 bits per heavy atom. The fraction of sp³-hybridized carbons (Fsp3) is 0.0909. The predicted octanol–water partition coefficient (Wildman–Crippen LogP) is 2.83. The molecule has 3 heterocycles. The van der Waals surface area contributed by atoms with E-state index in [-0.39, 0.29) is 0 Å². The standard InChI is InChI=1S/C11H7Cl2N5/c1-6-16-8-2-7(12)3-15-11(8)18(6)10-5-14-4-9(13)17-10/h2-5H,1H3. The molecule has 0 fully saturated rings. The Hall–Kier alpha value is -1.72. The first kappa shape index (κ1) is 11.4. The fourth-order valence-corrected chi connectivity index (χ4v) is 2.06. The molecule has 0 atom stereocenters. The molecule has 3 aromatic heterocycles. The van der Waals surface area contributed by atoms with Crippen molar-refractivity contribution in [1.82, 2.24) is 24.5 Å². The van der Waals surface area contributed by atoms with Crippen LogP contribution in [0.2, 0.25) is 10.2 Å². The first-order valence-electron chi connectivity index (χ1n) is 5.13. The molecule has 0 bridgehead atoms. The highest BCUT2D eigenvalue weighted by Gasteiger charge is 2.12. The van der Waals surface area contributed by atoms with E-state index in [0.717, 1.165) is 5.82 Å². The van der Waals surface area contributed by atoms with Crippen LogP contribution >= 0.6 is 23.2 Å². The molecule has 0 saturated heterocycles. The maximum Gasteiger partial charge on any atom is 0.166 e. The summed E-state index contributed by atoms with van der Waals surface area (Å²) in [4.78, 5) is 16.9. The van der Waals surface area contributed by atoms with Crippen LogP contribution in [0.4, 0.5) is 0 Å². The van der Waals surface area contributed by atoms with Crippen molar-refractivity contribution in [1.29, 1.82) is 0 Å². The summed E-state index contributed by atoms with van der Waals surface area (Å²) in [6.07, 6.45) is 4.65. The zero-order valence-electron chi connectivity index (χ0n) is 9.30. The fourth-order valence-electron chi connectivity index (χ4n) is 1.77. The van der Waals surface area contributed by atoms with E-state index in [0.29, 0.717) is 27.2 Å². The van der Waals surface area contributed by atoms with Crippen LogP contribution in [0, 0.1) is 6.92 Å². The molecular formula is C11H7Cl2N5. The van der Waals surface area contributed by atoms with E-state index in [1.165, 1.54) is 6.20 Å². The third-order valence-electron chi connectivity index (χ3n) is 2.45. The number of hydrogen-bond acceptors (Lipinski definition) is 4. The number of rotatable bonds is 1. The van der Waals surface area contributed by atoms with Gasteiger partial charge in [-0.25, -0.2) is 15.0 Å². The molecule has 0 unspecified atom stereocenters. The zero-order chi connectivity index (χ0) is 12.7. The molecule has 0 aliphatic heterocycles. The largest absolute Gasteiger partial charge is 0.263 e. The van der Waals surface area contributed by atoms with E-state index in [2.05, 4.69) is 19.9 Å². The maximum atomic E-state index is 5.89. The van der Waals surface area contributed by atoms with Gasteiger partial charge < -0.3 is 0 Å². The molecule has 0 aromatic carbocycles. The van der Waals surface area contributed by atoms with Crippen molar-refractivity contribution in [3.63, 3.8) is 0 Å². The van der Waals surface area contributed by atoms with Crippen molar-refractivity contribution in [3.05, 3.63) is 40.7 Å². The van der Waals surface area contributed by atoms with Crippen molar-refractivity contribution in [2.45, 2.75) is 6.92 Å². The van der Waals surface area contributed by atoms with Crippen LogP contribution in [-0.4, -0.2) is 24.5 Å². The third-order valence-corrected chi connectivity index (χ3v) is 2.84. The first-order chi connectivity index (χ1) is 8.65. The van der Waals surface area contributed by atoms with Gasteiger partial charge in [-0.15, -0.1) is 0 Å². The van der Waals surface area contributed by atoms with Gasteiger partial charge in [-0.1, -0.05) is 23.2 Å². The lowest BCUT2D eigenvalue weighted by Gasteiger charge is -2.04. The Labute approximate surface area is 112 Å². The summed E-state index contributed by atoms with van der Waals surface area (Å²) in [6, 6.07) is 1.76. The zero-order valence-corrected chi connectivity index (χ0v) is 10.8. The van der Waals surface area contributed by atoms with Gasteiger partial charge in [0.25, 0.3) is 0 Å². The second-order valence-corrected chi connectivity index (χ2v) is 4.51. The molecule has 0 aliphatic rings. The number of imidazole rings is 1. The van der Waals surface area contributed by atoms with Gasteiger partial charge >= 0.3 is 0 Å². The monoisotopic (exact) mass is 279 g/mol. The SMILES string of the molecule is Cc1nc2cc(Cl)cnc2n1-c1cncc(Cl)n1. The van der Waals surface area contributed by atoms with E-state index in [1.54, 1.807) is 23.0 Å². The van der Waals surface area contributed by atoms with Crippen LogP contribution in [0.3, 0.4) is 0 Å². The minimum absolute atomic E-state index is 0.322. The molecule has 18 heavy (non-hydrogen) atoms. The molecule has 0 aliphatic carbocycles. The smallest absolute Gasteiger partial charge is 0.166 e. The molecular weight excluding hydrogens is 273 g/mol. The molecule has 0 amide bonds. The predicted molar refractivity (Wildman–Crippen MR) is 69.2 cm³/mol. The molecule has 7 heteroatoms. The number of halogens is 2. The lowest BCUT2D eigenvalue weighted by atomic mass is 10.4. The molecule has 3 aromatic rings. The molecule has 5 nitrogen and oxygen atoms in total. The first-order valence-corrected chi connectivity index (χ1v) is 5.89. The molecule has 0 radical (unpaired) electrons. The van der Waals surface area contributed by atoms with E-state index >= 15 is 0 Å². The van der Waals surface area contributed by atoms with Crippen molar-refractivity contribution in [3.8, 4) is 5.82 Å². The van der Waals surface area contributed by atoms with Gasteiger partial charge in [0, 0.05) is 6.20 Å². The Kier molecular flexibility index (Phi) is 2.65. The Bertz CT molecular complexity index is 737. The summed E-state index contributed by atoms with van der Waals surface area (Å²) in [7, 11) is 0. The topological polar surface area (TPSA) is 56.5 Å². The Balaban J connectivity index is 2.32. The number of aromatic nitrogens is 5. The molecule has 0 spiro atoms. The number of fused-ring (bicyclic) bond motifs is 1. The van der Waals surface area contributed by atoms with E-state index in [4.69, 9.17) is 23.2 Å². The summed E-state index contributed by atoms with van der Waals surface area (Å²) >= 11 is 11.7. The lowest BCUT2D eigenvalue weighted by molar-refractivity contribution is 0.931. The van der Waals surface area contributed by atoms with Crippen molar-refractivity contribution >= 4 is 34.4 Å². The number of nitrogens with zero attached hydrogens (tertiary/aromatic N) is 5. The van der Waals surface area contributed by atoms with Gasteiger partial charge in [-0.2, -0.15) is 0 Å². The van der Waals surface area contributed by atoms with Crippen molar-refractivity contribution in [2.24, 2.45) is 0 Å². The number of aryl methyl sites for hydroxylation is 1. The van der Waals surface area contributed by atoms with Gasteiger partial charge in [0.2, 0.25) is 0 Å². The van der Waals surface area contributed by atoms with Crippen LogP contribution in [0.25, 0.3) is 17.0 Å². The average Bonchev–Trinajstić information content (AvgIpc) is 2.64. The van der Waals surface area contributed by atoms with Gasteiger partial charge in [0.15, 0.2) is 11.5 Å². The van der Waals surface area contributed by atoms with Crippen LogP contribution in [0.5, 0.6) is 0 Å². The van der Waals surface area contributed by atoms with Crippen molar-refractivity contribution < 1.29 is 0 Å². The van der Waals surface area contributed by atoms with Crippen LogP contribution < -0.4 is 0 Å². The highest BCUT2D eigenvalue weighted by molar-refractivity contribution is 6.31. The summed E-state index contributed by atoms with van der Waals surface area (Å²) in [5.74, 6) is 1.33. The van der Waals surface area contributed by atoms with Gasteiger partial charge in [-0.3, -0.25) is 9.55 Å². The molecule has 0 N–H and O–H groups in total. The van der Waals surface area contributed by atoms with Gasteiger partial charge in [0.1, 0.15) is 16.5 Å². The summed E-state index contributed by atoms with van der Waals surface area (Å²) in [5.41, 5.74) is 1.38. The minimum atomic E-state index is 0.322. The molecule has 0 saturated carbocycles. The summed E-state index contributed by atoms with van der Waals surface area (Å²) in [5, 5.41) is 0.868. The second kappa shape index (κ2) is 4.19.